The number of carboxylic acids is 1. The van der Waals surface area contributed by atoms with Crippen molar-refractivity contribution in [1.82, 2.24) is 20.2 Å². The lowest BCUT2D eigenvalue weighted by Gasteiger charge is -2.49. The minimum Gasteiger partial charge on any atom is -0.477 e. The fourth-order valence-corrected chi connectivity index (χ4v) is 5.72. The summed E-state index contributed by atoms with van der Waals surface area (Å²) in [6.07, 6.45) is 1.79. The number of thiocarbonyl (C=S) groups is 1. The van der Waals surface area contributed by atoms with E-state index in [1.165, 1.54) is 23.8 Å². The number of carbonyl (C=O) groups excluding carboxylic acids is 2. The number of pyridine rings is 1. The van der Waals surface area contributed by atoms with Crippen molar-refractivity contribution in [2.45, 2.75) is 17.8 Å². The minimum absolute atomic E-state index is 0.115. The fraction of sp³-hybridized carbons (Fsp3) is 0.250. The van der Waals surface area contributed by atoms with Crippen LogP contribution in [0.5, 0.6) is 0 Å². The van der Waals surface area contributed by atoms with Gasteiger partial charge in [0.15, 0.2) is 10.8 Å². The van der Waals surface area contributed by atoms with Gasteiger partial charge in [0.25, 0.3) is 11.8 Å². The maximum Gasteiger partial charge on any atom is 0.352 e. The van der Waals surface area contributed by atoms with E-state index >= 15 is 0 Å². The molecule has 0 saturated carbocycles. The number of nitrogens with two attached hydrogens (primary N) is 1. The van der Waals surface area contributed by atoms with Crippen LogP contribution in [0.4, 0.5) is 5.13 Å². The Balaban J connectivity index is 1.52. The van der Waals surface area contributed by atoms with E-state index in [4.69, 9.17) is 22.8 Å². The number of amides is 2. The van der Waals surface area contributed by atoms with Crippen LogP contribution in [0.2, 0.25) is 0 Å². The number of rotatable bonds is 8. The van der Waals surface area contributed by atoms with E-state index in [-0.39, 0.29) is 28.7 Å². The topological polar surface area (TPSA) is 160 Å². The highest BCUT2D eigenvalue weighted by Gasteiger charge is 2.54. The lowest BCUT2D eigenvalue weighted by Crippen LogP contribution is -2.71. The molecule has 14 heteroatoms. The van der Waals surface area contributed by atoms with Gasteiger partial charge in [0.1, 0.15) is 29.9 Å². The first kappa shape index (κ1) is 23.8. The number of nitrogens with zero attached hydrogens (tertiary/aromatic N) is 4. The SMILES string of the molecule is CON=C(C(=O)NC1C(=O)N2C(C(=O)O)=C(CC(=S)c3ccccn3)CSC12)c1csc(N)n1. The smallest absolute Gasteiger partial charge is 0.352 e. The third kappa shape index (κ3) is 4.51. The molecule has 4 heterocycles. The maximum absolute atomic E-state index is 12.9. The molecule has 4 N–H and O–H groups in total. The van der Waals surface area contributed by atoms with Gasteiger partial charge < -0.3 is 21.0 Å². The summed E-state index contributed by atoms with van der Waals surface area (Å²) in [6, 6.07) is 4.36. The van der Waals surface area contributed by atoms with Gasteiger partial charge in [-0.2, -0.15) is 0 Å². The Labute approximate surface area is 207 Å². The molecule has 1 saturated heterocycles. The summed E-state index contributed by atoms with van der Waals surface area (Å²) in [7, 11) is 1.27. The van der Waals surface area contributed by atoms with E-state index in [1.807, 2.05) is 0 Å². The number of carbonyl (C=O) groups is 3. The van der Waals surface area contributed by atoms with Gasteiger partial charge in [-0.3, -0.25) is 19.5 Å². The standard InChI is InChI=1S/C20H18N6O5S3/c1-31-25-13(11-8-34-20(21)23-11)16(27)24-14-17(28)26-15(19(29)30)9(7-33-18(14)26)6-12(32)10-4-2-3-5-22-10/h2-5,8,14,18H,6-7H2,1H3,(H2,21,23)(H,24,27)(H,29,30). The molecule has 0 aromatic carbocycles. The average molecular weight is 519 g/mol. The molecule has 2 atom stereocenters. The van der Waals surface area contributed by atoms with Crippen LogP contribution in [0.15, 0.2) is 46.2 Å². The minimum atomic E-state index is -1.23. The summed E-state index contributed by atoms with van der Waals surface area (Å²) >= 11 is 7.91. The Bertz CT molecular complexity index is 1230. The molecule has 1 fully saturated rings. The average Bonchev–Trinajstić information content (AvgIpc) is 3.26. The summed E-state index contributed by atoms with van der Waals surface area (Å²) in [5.74, 6) is -2.13. The lowest BCUT2D eigenvalue weighted by molar-refractivity contribution is -0.150. The summed E-state index contributed by atoms with van der Waals surface area (Å²) in [5, 5.41) is 17.4. The normalized spacial score (nSPS) is 19.9. The van der Waals surface area contributed by atoms with Crippen LogP contribution < -0.4 is 11.1 Å². The van der Waals surface area contributed by atoms with E-state index in [0.29, 0.717) is 21.9 Å². The van der Waals surface area contributed by atoms with Crippen molar-refractivity contribution >= 4 is 68.8 Å². The van der Waals surface area contributed by atoms with Gasteiger partial charge in [-0.05, 0) is 17.7 Å². The molecule has 0 spiro atoms. The van der Waals surface area contributed by atoms with Crippen LogP contribution in [0.25, 0.3) is 0 Å². The number of carboxylic acid groups (broad SMARTS) is 1. The van der Waals surface area contributed by atoms with Gasteiger partial charge >= 0.3 is 5.97 Å². The molecule has 11 nitrogen and oxygen atoms in total. The van der Waals surface area contributed by atoms with E-state index < -0.39 is 29.2 Å². The van der Waals surface area contributed by atoms with Crippen LogP contribution >= 0.6 is 35.3 Å². The molecule has 0 aliphatic carbocycles. The Morgan fingerprint density at radius 3 is 2.82 bits per heavy atom. The summed E-state index contributed by atoms with van der Waals surface area (Å²) in [5.41, 5.74) is 6.68. The van der Waals surface area contributed by atoms with Gasteiger partial charge in [-0.1, -0.05) is 23.4 Å². The molecule has 2 aromatic rings. The Kier molecular flexibility index (Phi) is 6.90. The second kappa shape index (κ2) is 9.87. The van der Waals surface area contributed by atoms with Crippen molar-refractivity contribution in [3.05, 3.63) is 52.4 Å². The van der Waals surface area contributed by atoms with Gasteiger partial charge in [0, 0.05) is 28.6 Å². The van der Waals surface area contributed by atoms with Gasteiger partial charge in [-0.25, -0.2) is 9.78 Å². The number of fused-ring (bicyclic) bond motifs is 1. The highest BCUT2D eigenvalue weighted by atomic mass is 32.2. The molecule has 176 valence electrons. The van der Waals surface area contributed by atoms with E-state index in [1.54, 1.807) is 29.8 Å². The molecular weight excluding hydrogens is 500 g/mol. The zero-order valence-corrected chi connectivity index (χ0v) is 20.1. The number of β-lactam (4-membered cyclic amide) rings is 1. The predicted molar refractivity (Wildman–Crippen MR) is 130 cm³/mol. The largest absolute Gasteiger partial charge is 0.477 e. The Morgan fingerprint density at radius 2 is 2.21 bits per heavy atom. The number of thiazole rings is 1. The third-order valence-electron chi connectivity index (χ3n) is 5.02. The zero-order valence-electron chi connectivity index (χ0n) is 17.6. The summed E-state index contributed by atoms with van der Waals surface area (Å²) in [4.78, 5) is 52.4. The number of thioether (sulfide) groups is 1. The lowest BCUT2D eigenvalue weighted by atomic mass is 9.99. The van der Waals surface area contributed by atoms with E-state index in [9.17, 15) is 19.5 Å². The van der Waals surface area contributed by atoms with Crippen molar-refractivity contribution in [2.24, 2.45) is 5.16 Å². The predicted octanol–water partition coefficient (Wildman–Crippen LogP) is 1.02. The third-order valence-corrected chi connectivity index (χ3v) is 7.39. The first-order chi connectivity index (χ1) is 16.3. The molecule has 2 aromatic heterocycles. The second-order valence-corrected chi connectivity index (χ2v) is 9.61. The first-order valence-electron chi connectivity index (χ1n) is 9.79. The van der Waals surface area contributed by atoms with Crippen molar-refractivity contribution in [2.75, 3.05) is 18.6 Å². The van der Waals surface area contributed by atoms with Gasteiger partial charge in [0.05, 0.1) is 5.69 Å². The summed E-state index contributed by atoms with van der Waals surface area (Å²) < 4.78 is 0. The number of aromatic nitrogens is 2. The van der Waals surface area contributed by atoms with Crippen molar-refractivity contribution in [3.63, 3.8) is 0 Å². The van der Waals surface area contributed by atoms with Crippen LogP contribution in [0, 0.1) is 0 Å². The number of hydrogen-bond acceptors (Lipinski definition) is 11. The van der Waals surface area contributed by atoms with Gasteiger partial charge in [0.2, 0.25) is 0 Å². The molecule has 2 amide bonds. The van der Waals surface area contributed by atoms with Crippen LogP contribution in [-0.4, -0.2) is 72.6 Å². The van der Waals surface area contributed by atoms with Crippen LogP contribution in [0.3, 0.4) is 0 Å². The molecule has 0 radical (unpaired) electrons. The molecule has 4 rings (SSSR count). The number of nitrogen functional groups attached to an aromatic ring is 1. The fourth-order valence-electron chi connectivity index (χ4n) is 3.53. The van der Waals surface area contributed by atoms with Crippen molar-refractivity contribution < 1.29 is 24.3 Å². The number of nitrogens with one attached hydrogen (secondary N) is 1. The van der Waals surface area contributed by atoms with Crippen molar-refractivity contribution in [1.29, 1.82) is 0 Å². The number of anilines is 1. The number of aliphatic carboxylic acids is 1. The molecule has 2 aliphatic heterocycles. The van der Waals surface area contributed by atoms with Crippen LogP contribution in [0.1, 0.15) is 17.8 Å². The summed E-state index contributed by atoms with van der Waals surface area (Å²) in [6.45, 7) is 0. The molecule has 2 aliphatic rings. The maximum atomic E-state index is 12.9. The highest BCUT2D eigenvalue weighted by Crippen LogP contribution is 2.41. The molecule has 34 heavy (non-hydrogen) atoms. The van der Waals surface area contributed by atoms with Gasteiger partial charge in [-0.15, -0.1) is 23.1 Å². The Hall–Kier alpha value is -3.36. The monoisotopic (exact) mass is 518 g/mol. The second-order valence-electron chi connectivity index (χ2n) is 7.13. The van der Waals surface area contributed by atoms with Crippen molar-refractivity contribution in [3.8, 4) is 0 Å². The molecule has 2 unspecified atom stereocenters. The number of hydrogen-bond donors (Lipinski definition) is 3. The quantitative estimate of drug-likeness (QED) is 0.151. The van der Waals surface area contributed by atoms with Crippen LogP contribution in [-0.2, 0) is 19.2 Å². The molecular formula is C20H18N6O5S3. The van der Waals surface area contributed by atoms with E-state index in [0.717, 1.165) is 11.3 Å². The van der Waals surface area contributed by atoms with E-state index in [2.05, 4.69) is 20.4 Å². The molecule has 0 bridgehead atoms. The highest BCUT2D eigenvalue weighted by molar-refractivity contribution is 8.00. The first-order valence-corrected chi connectivity index (χ1v) is 12.1. The Morgan fingerprint density at radius 1 is 1.41 bits per heavy atom. The zero-order chi connectivity index (χ0) is 24.4. The number of oxime groups is 1.